The maximum absolute atomic E-state index is 8.54. The third-order valence-electron chi connectivity index (χ3n) is 1.73. The highest BCUT2D eigenvalue weighted by atomic mass is 15.3. The van der Waals surface area contributed by atoms with Gasteiger partial charge in [-0.2, -0.15) is 5.26 Å². The molecule has 0 atom stereocenters. The topological polar surface area (TPSA) is 80.5 Å². The summed E-state index contributed by atoms with van der Waals surface area (Å²) in [5.74, 6) is 0.146. The minimum Gasteiger partial charge on any atom is -0.399 e. The van der Waals surface area contributed by atoms with E-state index in [2.05, 4.69) is 10.1 Å². The number of anilines is 1. The summed E-state index contributed by atoms with van der Waals surface area (Å²) < 4.78 is 1.51. The molecule has 68 valence electrons. The number of aromatic nitrogens is 3. The third-order valence-corrected chi connectivity index (χ3v) is 1.73. The summed E-state index contributed by atoms with van der Waals surface area (Å²) in [7, 11) is 0. The molecular formula is C9H7N5. The minimum atomic E-state index is 0.146. The van der Waals surface area contributed by atoms with E-state index in [4.69, 9.17) is 11.0 Å². The molecule has 0 aliphatic heterocycles. The molecule has 1 aromatic carbocycles. The van der Waals surface area contributed by atoms with Crippen molar-refractivity contribution >= 4 is 5.69 Å². The number of hydrogen-bond donors (Lipinski definition) is 1. The van der Waals surface area contributed by atoms with Crippen LogP contribution in [0.25, 0.3) is 5.69 Å². The highest BCUT2D eigenvalue weighted by Gasteiger charge is 2.00. The van der Waals surface area contributed by atoms with E-state index in [1.165, 1.54) is 11.0 Å². The molecule has 5 nitrogen and oxygen atoms in total. The zero-order chi connectivity index (χ0) is 9.97. The van der Waals surface area contributed by atoms with Crippen LogP contribution in [0.4, 0.5) is 5.69 Å². The molecule has 0 radical (unpaired) electrons. The van der Waals surface area contributed by atoms with Crippen LogP contribution in [0.3, 0.4) is 0 Å². The number of nitrogens with zero attached hydrogens (tertiary/aromatic N) is 4. The molecule has 14 heavy (non-hydrogen) atoms. The number of nitrogen functional groups attached to an aromatic ring is 1. The van der Waals surface area contributed by atoms with Crippen molar-refractivity contribution in [1.29, 1.82) is 5.26 Å². The molecular weight excluding hydrogens is 178 g/mol. The van der Waals surface area contributed by atoms with Crippen molar-refractivity contribution < 1.29 is 0 Å². The molecule has 0 aliphatic rings. The predicted octanol–water partition coefficient (Wildman–Crippen LogP) is 0.721. The van der Waals surface area contributed by atoms with Gasteiger partial charge in [-0.25, -0.2) is 9.67 Å². The fourth-order valence-electron chi connectivity index (χ4n) is 1.11. The zero-order valence-corrected chi connectivity index (χ0v) is 7.25. The summed E-state index contributed by atoms with van der Waals surface area (Å²) in [6, 6.07) is 9.06. The first-order valence-electron chi connectivity index (χ1n) is 3.97. The summed E-state index contributed by atoms with van der Waals surface area (Å²) >= 11 is 0. The Bertz CT molecular complexity index is 494. The van der Waals surface area contributed by atoms with Gasteiger partial charge in [-0.05, 0) is 18.2 Å². The zero-order valence-electron chi connectivity index (χ0n) is 7.25. The monoisotopic (exact) mass is 185 g/mol. The number of benzene rings is 1. The lowest BCUT2D eigenvalue weighted by molar-refractivity contribution is 0.873. The van der Waals surface area contributed by atoms with E-state index in [1.54, 1.807) is 12.1 Å². The molecule has 1 heterocycles. The fraction of sp³-hybridized carbons (Fsp3) is 0. The molecule has 0 aliphatic carbocycles. The highest BCUT2D eigenvalue weighted by Crippen LogP contribution is 2.10. The van der Waals surface area contributed by atoms with Crippen LogP contribution < -0.4 is 5.73 Å². The molecule has 0 bridgehead atoms. The maximum atomic E-state index is 8.54. The van der Waals surface area contributed by atoms with Gasteiger partial charge in [-0.1, -0.05) is 6.07 Å². The highest BCUT2D eigenvalue weighted by molar-refractivity contribution is 5.46. The van der Waals surface area contributed by atoms with E-state index in [1.807, 2.05) is 18.2 Å². The first kappa shape index (κ1) is 8.26. The van der Waals surface area contributed by atoms with Crippen molar-refractivity contribution in [2.24, 2.45) is 0 Å². The predicted molar refractivity (Wildman–Crippen MR) is 50.5 cm³/mol. The Hall–Kier alpha value is -2.35. The van der Waals surface area contributed by atoms with Crippen LogP contribution in [0.2, 0.25) is 0 Å². The first-order valence-corrected chi connectivity index (χ1v) is 3.97. The molecule has 2 rings (SSSR count). The lowest BCUT2D eigenvalue weighted by Gasteiger charge is -1.99. The van der Waals surface area contributed by atoms with Crippen LogP contribution >= 0.6 is 0 Å². The van der Waals surface area contributed by atoms with E-state index in [0.717, 1.165) is 5.69 Å². The SMILES string of the molecule is N#Cc1ncn(-c2cccc(N)c2)n1. The smallest absolute Gasteiger partial charge is 0.252 e. The van der Waals surface area contributed by atoms with Crippen molar-refractivity contribution in [2.75, 3.05) is 5.73 Å². The number of hydrogen-bond acceptors (Lipinski definition) is 4. The van der Waals surface area contributed by atoms with Gasteiger partial charge in [0.25, 0.3) is 5.82 Å². The summed E-state index contributed by atoms with van der Waals surface area (Å²) in [6.07, 6.45) is 1.48. The summed E-state index contributed by atoms with van der Waals surface area (Å²) in [5, 5.41) is 12.5. The normalized spacial score (nSPS) is 9.64. The van der Waals surface area contributed by atoms with E-state index < -0.39 is 0 Å². The van der Waals surface area contributed by atoms with E-state index in [9.17, 15) is 0 Å². The molecule has 0 unspecified atom stereocenters. The van der Waals surface area contributed by atoms with Gasteiger partial charge in [-0.3, -0.25) is 0 Å². The molecule has 0 saturated heterocycles. The molecule has 1 aromatic heterocycles. The maximum Gasteiger partial charge on any atom is 0.252 e. The van der Waals surface area contributed by atoms with Crippen molar-refractivity contribution in [2.45, 2.75) is 0 Å². The van der Waals surface area contributed by atoms with Gasteiger partial charge in [0.15, 0.2) is 0 Å². The Morgan fingerprint density at radius 3 is 2.93 bits per heavy atom. The van der Waals surface area contributed by atoms with E-state index >= 15 is 0 Å². The lowest BCUT2D eigenvalue weighted by atomic mass is 10.3. The average Bonchev–Trinajstić information content (AvgIpc) is 2.66. The van der Waals surface area contributed by atoms with Gasteiger partial charge in [-0.15, -0.1) is 5.10 Å². The minimum absolute atomic E-state index is 0.146. The summed E-state index contributed by atoms with van der Waals surface area (Å²) in [4.78, 5) is 3.79. The van der Waals surface area contributed by atoms with Gasteiger partial charge in [0.05, 0.1) is 5.69 Å². The Balaban J connectivity index is 2.45. The fourth-order valence-corrected chi connectivity index (χ4v) is 1.11. The van der Waals surface area contributed by atoms with Crippen LogP contribution in [0.15, 0.2) is 30.6 Å². The molecule has 2 N–H and O–H groups in total. The molecule has 2 aromatic rings. The third kappa shape index (κ3) is 1.41. The quantitative estimate of drug-likeness (QED) is 0.664. The van der Waals surface area contributed by atoms with E-state index in [-0.39, 0.29) is 5.82 Å². The lowest BCUT2D eigenvalue weighted by Crippen LogP contribution is -1.96. The second-order valence-electron chi connectivity index (χ2n) is 2.72. The van der Waals surface area contributed by atoms with Gasteiger partial charge in [0, 0.05) is 5.69 Å². The first-order chi connectivity index (χ1) is 6.79. The molecule has 0 amide bonds. The Morgan fingerprint density at radius 2 is 2.29 bits per heavy atom. The van der Waals surface area contributed by atoms with Crippen molar-refractivity contribution in [3.05, 3.63) is 36.4 Å². The van der Waals surface area contributed by atoms with Crippen LogP contribution in [-0.4, -0.2) is 14.8 Å². The number of nitriles is 1. The Morgan fingerprint density at radius 1 is 1.43 bits per heavy atom. The van der Waals surface area contributed by atoms with Crippen LogP contribution in [0.5, 0.6) is 0 Å². The van der Waals surface area contributed by atoms with Crippen LogP contribution in [0.1, 0.15) is 5.82 Å². The van der Waals surface area contributed by atoms with E-state index in [0.29, 0.717) is 5.69 Å². The molecule has 0 spiro atoms. The molecule has 0 saturated carbocycles. The molecule has 5 heteroatoms. The van der Waals surface area contributed by atoms with Gasteiger partial charge < -0.3 is 5.73 Å². The largest absolute Gasteiger partial charge is 0.399 e. The van der Waals surface area contributed by atoms with Gasteiger partial charge >= 0.3 is 0 Å². The van der Waals surface area contributed by atoms with Crippen molar-refractivity contribution in [3.63, 3.8) is 0 Å². The van der Waals surface area contributed by atoms with Crippen LogP contribution in [-0.2, 0) is 0 Å². The average molecular weight is 185 g/mol. The number of rotatable bonds is 1. The summed E-state index contributed by atoms with van der Waals surface area (Å²) in [5.41, 5.74) is 7.05. The molecule has 0 fully saturated rings. The second kappa shape index (κ2) is 3.18. The number of nitrogens with two attached hydrogens (primary N) is 1. The van der Waals surface area contributed by atoms with Crippen LogP contribution in [0, 0.1) is 11.3 Å². The standard InChI is InChI=1S/C9H7N5/c10-5-9-12-6-14(13-9)8-3-1-2-7(11)4-8/h1-4,6H,11H2. The summed E-state index contributed by atoms with van der Waals surface area (Å²) in [6.45, 7) is 0. The Labute approximate surface area is 80.4 Å². The van der Waals surface area contributed by atoms with Crippen molar-refractivity contribution in [3.8, 4) is 11.8 Å². The van der Waals surface area contributed by atoms with Gasteiger partial charge in [0.2, 0.25) is 0 Å². The van der Waals surface area contributed by atoms with Gasteiger partial charge in [0.1, 0.15) is 12.4 Å². The van der Waals surface area contributed by atoms with Crippen molar-refractivity contribution in [1.82, 2.24) is 14.8 Å². The second-order valence-corrected chi connectivity index (χ2v) is 2.72. The Kier molecular flexibility index (Phi) is 1.88.